The Morgan fingerprint density at radius 1 is 0.706 bits per heavy atom. The van der Waals surface area contributed by atoms with Crippen LogP contribution >= 0.6 is 47.8 Å². The number of ketones is 1. The smallest absolute Gasteiger partial charge is 0.193 e. The van der Waals surface area contributed by atoms with E-state index in [1.54, 1.807) is 12.1 Å². The van der Waals surface area contributed by atoms with Gasteiger partial charge < -0.3 is 0 Å². The number of benzene rings is 2. The van der Waals surface area contributed by atoms with Gasteiger partial charge in [0.25, 0.3) is 0 Å². The molecule has 0 aliphatic rings. The lowest BCUT2D eigenvalue weighted by Crippen LogP contribution is -2.00. The third-order valence-corrected chi connectivity index (χ3v) is 3.68. The van der Waals surface area contributed by atoms with Crippen LogP contribution in [0.3, 0.4) is 0 Å². The van der Waals surface area contributed by atoms with Crippen LogP contribution in [0, 0.1) is 0 Å². The molecule has 0 spiro atoms. The summed E-state index contributed by atoms with van der Waals surface area (Å²) in [5.74, 6) is 0.0134. The zero-order valence-electron chi connectivity index (χ0n) is 8.58. The first-order chi connectivity index (χ1) is 8.06. The molecule has 0 heterocycles. The highest BCUT2D eigenvalue weighted by molar-refractivity contribution is 9.11. The molecular weight excluding hydrogens is 412 g/mol. The second-order valence-corrected chi connectivity index (χ2v) is 6.24. The maximum absolute atomic E-state index is 12.2. The van der Waals surface area contributed by atoms with Crippen molar-refractivity contribution >= 4 is 53.6 Å². The van der Waals surface area contributed by atoms with E-state index in [0.717, 1.165) is 13.4 Å². The van der Waals surface area contributed by atoms with Crippen molar-refractivity contribution < 1.29 is 4.79 Å². The van der Waals surface area contributed by atoms with E-state index < -0.39 is 0 Å². The van der Waals surface area contributed by atoms with E-state index in [-0.39, 0.29) is 5.78 Å². The number of halogens is 3. The highest BCUT2D eigenvalue weighted by Crippen LogP contribution is 2.22. The fraction of sp³-hybridized carbons (Fsp3) is 0. The monoisotopic (exact) mass is 416 g/mol. The molecule has 0 bridgehead atoms. The molecule has 0 aromatic heterocycles. The Labute approximate surface area is 125 Å². The van der Waals surface area contributed by atoms with Crippen LogP contribution in [-0.2, 0) is 0 Å². The zero-order chi connectivity index (χ0) is 12.4. The van der Waals surface area contributed by atoms with Crippen LogP contribution in [-0.4, -0.2) is 5.78 Å². The minimum absolute atomic E-state index is 0.0134. The topological polar surface area (TPSA) is 17.1 Å². The average Bonchev–Trinajstić information content (AvgIpc) is 2.28. The molecule has 2 rings (SSSR count). The number of rotatable bonds is 2. The van der Waals surface area contributed by atoms with Crippen molar-refractivity contribution in [1.29, 1.82) is 0 Å². The Bertz CT molecular complexity index is 541. The summed E-state index contributed by atoms with van der Waals surface area (Å²) in [6, 6.07) is 12.9. The van der Waals surface area contributed by atoms with Crippen molar-refractivity contribution in [3.8, 4) is 0 Å². The Morgan fingerprint density at radius 3 is 1.76 bits per heavy atom. The molecule has 1 nitrogen and oxygen atoms in total. The number of hydrogen-bond acceptors (Lipinski definition) is 1. The summed E-state index contributed by atoms with van der Waals surface area (Å²) in [5, 5.41) is 0. The first kappa shape index (κ1) is 13.0. The predicted molar refractivity (Wildman–Crippen MR) is 79.4 cm³/mol. The standard InChI is InChI=1S/C13H7Br3O/c14-10-3-1-8(2-4-10)13(17)9-5-11(15)7-12(16)6-9/h1-7H. The SMILES string of the molecule is O=C(c1ccc(Br)cc1)c1cc(Br)cc(Br)c1. The van der Waals surface area contributed by atoms with E-state index in [4.69, 9.17) is 0 Å². The minimum atomic E-state index is 0.0134. The minimum Gasteiger partial charge on any atom is -0.289 e. The maximum atomic E-state index is 12.2. The van der Waals surface area contributed by atoms with Crippen molar-refractivity contribution in [2.45, 2.75) is 0 Å². The Balaban J connectivity index is 2.40. The lowest BCUT2D eigenvalue weighted by Gasteiger charge is -2.03. The van der Waals surface area contributed by atoms with Crippen LogP contribution in [0.4, 0.5) is 0 Å². The van der Waals surface area contributed by atoms with Gasteiger partial charge in [-0.25, -0.2) is 0 Å². The summed E-state index contributed by atoms with van der Waals surface area (Å²) >= 11 is 10.1. The molecule has 86 valence electrons. The molecule has 0 amide bonds. The van der Waals surface area contributed by atoms with Crippen LogP contribution in [0.1, 0.15) is 15.9 Å². The van der Waals surface area contributed by atoms with Crippen molar-refractivity contribution in [2.75, 3.05) is 0 Å². The predicted octanol–water partition coefficient (Wildman–Crippen LogP) is 5.21. The van der Waals surface area contributed by atoms with Gasteiger partial charge in [0.05, 0.1) is 0 Å². The molecule has 17 heavy (non-hydrogen) atoms. The van der Waals surface area contributed by atoms with Crippen LogP contribution in [0.15, 0.2) is 55.9 Å². The highest BCUT2D eigenvalue weighted by Gasteiger charge is 2.10. The van der Waals surface area contributed by atoms with Crippen molar-refractivity contribution in [2.24, 2.45) is 0 Å². The fourth-order valence-electron chi connectivity index (χ4n) is 1.45. The van der Waals surface area contributed by atoms with Crippen LogP contribution in [0.5, 0.6) is 0 Å². The van der Waals surface area contributed by atoms with E-state index >= 15 is 0 Å². The largest absolute Gasteiger partial charge is 0.289 e. The molecule has 0 atom stereocenters. The third-order valence-electron chi connectivity index (χ3n) is 2.23. The molecule has 0 aliphatic carbocycles. The molecule has 0 saturated heterocycles. The first-order valence-electron chi connectivity index (χ1n) is 4.82. The molecule has 0 saturated carbocycles. The quantitative estimate of drug-likeness (QED) is 0.612. The van der Waals surface area contributed by atoms with Gasteiger partial charge in [0.15, 0.2) is 5.78 Å². The van der Waals surface area contributed by atoms with Gasteiger partial charge in [-0.3, -0.25) is 4.79 Å². The maximum Gasteiger partial charge on any atom is 0.193 e. The van der Waals surface area contributed by atoms with Gasteiger partial charge in [-0.05, 0) is 42.5 Å². The second kappa shape index (κ2) is 5.46. The molecule has 2 aromatic rings. The molecule has 0 unspecified atom stereocenters. The summed E-state index contributed by atoms with van der Waals surface area (Å²) < 4.78 is 2.73. The van der Waals surface area contributed by atoms with Crippen molar-refractivity contribution in [3.05, 3.63) is 67.0 Å². The van der Waals surface area contributed by atoms with Gasteiger partial charge in [-0.15, -0.1) is 0 Å². The van der Waals surface area contributed by atoms with E-state index in [0.29, 0.717) is 11.1 Å². The summed E-state index contributed by atoms with van der Waals surface area (Å²) in [5.41, 5.74) is 1.34. The second-order valence-electron chi connectivity index (χ2n) is 3.49. The Kier molecular flexibility index (Phi) is 4.17. The van der Waals surface area contributed by atoms with Crippen molar-refractivity contribution in [1.82, 2.24) is 0 Å². The lowest BCUT2D eigenvalue weighted by atomic mass is 10.0. The van der Waals surface area contributed by atoms with E-state index in [9.17, 15) is 4.79 Å². The fourth-order valence-corrected chi connectivity index (χ4v) is 3.01. The zero-order valence-corrected chi connectivity index (χ0v) is 13.3. The van der Waals surface area contributed by atoms with Crippen LogP contribution < -0.4 is 0 Å². The van der Waals surface area contributed by atoms with E-state index in [2.05, 4.69) is 47.8 Å². The third kappa shape index (κ3) is 3.27. The summed E-state index contributed by atoms with van der Waals surface area (Å²) in [6.07, 6.45) is 0. The Hall–Kier alpha value is -0.450. The van der Waals surface area contributed by atoms with Crippen molar-refractivity contribution in [3.63, 3.8) is 0 Å². The highest BCUT2D eigenvalue weighted by atomic mass is 79.9. The molecule has 0 aliphatic heterocycles. The molecule has 0 fully saturated rings. The van der Waals surface area contributed by atoms with E-state index in [1.165, 1.54) is 0 Å². The molecule has 4 heteroatoms. The normalized spacial score (nSPS) is 10.3. The van der Waals surface area contributed by atoms with Crippen LogP contribution in [0.25, 0.3) is 0 Å². The van der Waals surface area contributed by atoms with Crippen LogP contribution in [0.2, 0.25) is 0 Å². The number of carbonyl (C=O) groups is 1. The number of hydrogen-bond donors (Lipinski definition) is 0. The van der Waals surface area contributed by atoms with E-state index in [1.807, 2.05) is 30.3 Å². The average molecular weight is 419 g/mol. The van der Waals surface area contributed by atoms with Gasteiger partial charge in [0.2, 0.25) is 0 Å². The molecule has 0 radical (unpaired) electrons. The Morgan fingerprint density at radius 2 is 1.24 bits per heavy atom. The van der Waals surface area contributed by atoms with Gasteiger partial charge in [-0.2, -0.15) is 0 Å². The molecule has 2 aromatic carbocycles. The summed E-state index contributed by atoms with van der Waals surface area (Å²) in [7, 11) is 0. The van der Waals surface area contributed by atoms with Gasteiger partial charge in [0.1, 0.15) is 0 Å². The van der Waals surface area contributed by atoms with Gasteiger partial charge in [-0.1, -0.05) is 47.8 Å². The molecule has 0 N–H and O–H groups in total. The number of carbonyl (C=O) groups excluding carboxylic acids is 1. The summed E-state index contributed by atoms with van der Waals surface area (Å²) in [6.45, 7) is 0. The summed E-state index contributed by atoms with van der Waals surface area (Å²) in [4.78, 5) is 12.2. The van der Waals surface area contributed by atoms with Gasteiger partial charge in [0, 0.05) is 24.5 Å². The molecular formula is C13H7Br3O. The lowest BCUT2D eigenvalue weighted by molar-refractivity contribution is 0.103. The first-order valence-corrected chi connectivity index (χ1v) is 7.20. The van der Waals surface area contributed by atoms with Gasteiger partial charge >= 0.3 is 0 Å².